The summed E-state index contributed by atoms with van der Waals surface area (Å²) in [6, 6.07) is 13.7. The predicted octanol–water partition coefficient (Wildman–Crippen LogP) is 5.11. The molecule has 1 aliphatic rings. The molecule has 148 valence electrons. The minimum Gasteiger partial charge on any atom is -0.368 e. The summed E-state index contributed by atoms with van der Waals surface area (Å²) in [4.78, 5) is 3.38. The minimum atomic E-state index is -4.64. The molecule has 1 saturated carbocycles. The third kappa shape index (κ3) is 4.00. The van der Waals surface area contributed by atoms with E-state index in [-0.39, 0.29) is 5.95 Å². The highest BCUT2D eigenvalue weighted by Gasteiger charge is 2.37. The third-order valence-electron chi connectivity index (χ3n) is 4.58. The van der Waals surface area contributed by atoms with E-state index < -0.39 is 12.0 Å². The maximum absolute atomic E-state index is 12.9. The van der Waals surface area contributed by atoms with Gasteiger partial charge in [0.2, 0.25) is 5.95 Å². The second kappa shape index (κ2) is 7.84. The van der Waals surface area contributed by atoms with E-state index in [0.29, 0.717) is 11.6 Å². The summed E-state index contributed by atoms with van der Waals surface area (Å²) in [6.07, 6.45) is -2.38. The first kappa shape index (κ1) is 20.2. The monoisotopic (exact) mass is 408 g/mol. The normalized spacial score (nSPS) is 13.8. The molecule has 28 heavy (non-hydrogen) atoms. The predicted molar refractivity (Wildman–Crippen MR) is 105 cm³/mol. The van der Waals surface area contributed by atoms with E-state index in [1.54, 1.807) is 0 Å². The Morgan fingerprint density at radius 1 is 1.14 bits per heavy atom. The van der Waals surface area contributed by atoms with Gasteiger partial charge in [-0.15, -0.1) is 5.10 Å². The number of benzene rings is 2. The van der Waals surface area contributed by atoms with Crippen molar-refractivity contribution in [3.8, 4) is 16.8 Å². The molecule has 0 radical (unpaired) electrons. The van der Waals surface area contributed by atoms with Gasteiger partial charge in [0.1, 0.15) is 0 Å². The number of halogens is 3. The van der Waals surface area contributed by atoms with Gasteiger partial charge in [0.25, 0.3) is 5.82 Å². The van der Waals surface area contributed by atoms with Crippen LogP contribution in [0.4, 0.5) is 19.1 Å². The molecular weight excluding hydrogens is 389 g/mol. The molecule has 1 aromatic heterocycles. The van der Waals surface area contributed by atoms with Crippen LogP contribution in [0.3, 0.4) is 0 Å². The molecular formula is C19H19F3N4OS. The van der Waals surface area contributed by atoms with Crippen LogP contribution in [0.1, 0.15) is 35.7 Å². The van der Waals surface area contributed by atoms with Crippen molar-refractivity contribution in [1.82, 2.24) is 14.8 Å². The van der Waals surface area contributed by atoms with Crippen molar-refractivity contribution in [2.24, 2.45) is 0 Å². The van der Waals surface area contributed by atoms with Gasteiger partial charge in [-0.05, 0) is 66.9 Å². The van der Waals surface area contributed by atoms with Gasteiger partial charge in [-0.3, -0.25) is 0 Å². The molecule has 9 heteroatoms. The molecule has 0 amide bonds. The van der Waals surface area contributed by atoms with E-state index in [9.17, 15) is 13.2 Å². The Labute approximate surface area is 165 Å². The Hall–Kier alpha value is -2.52. The summed E-state index contributed by atoms with van der Waals surface area (Å²) < 4.78 is 46.5. The maximum atomic E-state index is 12.9. The minimum absolute atomic E-state index is 0.279. The largest absolute Gasteiger partial charge is 0.453 e. The molecule has 0 bridgehead atoms. The highest BCUT2D eigenvalue weighted by molar-refractivity contribution is 7.74. The fraction of sp³-hybridized carbons (Fsp3) is 0.263. The van der Waals surface area contributed by atoms with Crippen molar-refractivity contribution in [2.75, 3.05) is 5.73 Å². The van der Waals surface area contributed by atoms with Crippen LogP contribution in [-0.2, 0) is 6.18 Å². The van der Waals surface area contributed by atoms with Crippen LogP contribution in [0.25, 0.3) is 16.8 Å². The Kier molecular flexibility index (Phi) is 5.66. The number of thiol groups is 1. The second-order valence-corrected chi connectivity index (χ2v) is 6.57. The SMILES string of the molecule is Cc1cc(C2CC2)c(-c2ccccc2)cc1-n1nc(C(F)(F)F)nc1N.OS. The summed E-state index contributed by atoms with van der Waals surface area (Å²) in [7, 11) is 0. The summed E-state index contributed by atoms with van der Waals surface area (Å²) in [5, 5.41) is 3.59. The van der Waals surface area contributed by atoms with E-state index in [0.717, 1.165) is 34.2 Å². The first-order chi connectivity index (χ1) is 13.3. The van der Waals surface area contributed by atoms with Crippen molar-refractivity contribution in [3.05, 3.63) is 59.4 Å². The summed E-state index contributed by atoms with van der Waals surface area (Å²) in [6.45, 7) is 1.85. The molecule has 1 heterocycles. The number of hydrogen-bond acceptors (Lipinski definition) is 5. The van der Waals surface area contributed by atoms with E-state index in [1.165, 1.54) is 5.56 Å². The number of nitrogens with zero attached hydrogens (tertiary/aromatic N) is 3. The lowest BCUT2D eigenvalue weighted by molar-refractivity contribution is -0.144. The van der Waals surface area contributed by atoms with Crippen LogP contribution in [0.5, 0.6) is 0 Å². The Morgan fingerprint density at radius 2 is 1.79 bits per heavy atom. The van der Waals surface area contributed by atoms with Crippen LogP contribution in [0, 0.1) is 6.92 Å². The standard InChI is InChI=1S/C19H17F3N4.H2OS/c1-11-9-14(13-7-8-13)15(12-5-3-2-4-6-12)10-16(11)26-18(23)24-17(25-26)19(20,21)22;1-2/h2-6,9-10,13H,7-8H2,1H3,(H2,23,24,25);1-2H. The Morgan fingerprint density at radius 3 is 2.32 bits per heavy atom. The molecule has 2 aromatic carbocycles. The van der Waals surface area contributed by atoms with Crippen LogP contribution >= 0.6 is 12.9 Å². The summed E-state index contributed by atoms with van der Waals surface area (Å²) >= 11 is 2.53. The highest BCUT2D eigenvalue weighted by atomic mass is 32.1. The van der Waals surface area contributed by atoms with Crippen molar-refractivity contribution in [2.45, 2.75) is 31.9 Å². The van der Waals surface area contributed by atoms with Crippen molar-refractivity contribution in [1.29, 1.82) is 0 Å². The number of alkyl halides is 3. The van der Waals surface area contributed by atoms with Gasteiger partial charge in [0.15, 0.2) is 0 Å². The van der Waals surface area contributed by atoms with E-state index in [2.05, 4.69) is 23.0 Å². The number of anilines is 1. The molecule has 5 nitrogen and oxygen atoms in total. The van der Waals surface area contributed by atoms with Crippen molar-refractivity contribution < 1.29 is 17.7 Å². The molecule has 1 fully saturated rings. The van der Waals surface area contributed by atoms with Crippen LogP contribution < -0.4 is 5.73 Å². The van der Waals surface area contributed by atoms with E-state index >= 15 is 0 Å². The van der Waals surface area contributed by atoms with Crippen LogP contribution in [-0.4, -0.2) is 19.3 Å². The zero-order valence-corrected chi connectivity index (χ0v) is 15.9. The first-order valence-electron chi connectivity index (χ1n) is 8.54. The van der Waals surface area contributed by atoms with Gasteiger partial charge in [0.05, 0.1) is 5.69 Å². The van der Waals surface area contributed by atoms with Gasteiger partial charge >= 0.3 is 6.18 Å². The molecule has 0 spiro atoms. The third-order valence-corrected chi connectivity index (χ3v) is 4.58. The number of rotatable bonds is 3. The molecule has 0 saturated heterocycles. The molecule has 0 aliphatic heterocycles. The molecule has 0 atom stereocenters. The van der Waals surface area contributed by atoms with Gasteiger partial charge in [-0.1, -0.05) is 36.4 Å². The average Bonchev–Trinajstić information content (AvgIpc) is 3.45. The molecule has 3 aromatic rings. The summed E-state index contributed by atoms with van der Waals surface area (Å²) in [5.41, 5.74) is 10.3. The Bertz CT molecular complexity index is 969. The van der Waals surface area contributed by atoms with E-state index in [1.807, 2.05) is 49.4 Å². The molecule has 4 rings (SSSR count). The number of aromatic nitrogens is 3. The molecule has 3 N–H and O–H groups in total. The smallest absolute Gasteiger partial charge is 0.368 e. The average molecular weight is 408 g/mol. The zero-order chi connectivity index (χ0) is 20.5. The van der Waals surface area contributed by atoms with Crippen LogP contribution in [0.2, 0.25) is 0 Å². The quantitative estimate of drug-likeness (QED) is 0.416. The van der Waals surface area contributed by atoms with E-state index in [4.69, 9.17) is 10.3 Å². The second-order valence-electron chi connectivity index (χ2n) is 6.57. The van der Waals surface area contributed by atoms with Crippen molar-refractivity contribution >= 4 is 18.9 Å². The number of hydrogen-bond donors (Lipinski definition) is 3. The lowest BCUT2D eigenvalue weighted by Gasteiger charge is -2.15. The lowest BCUT2D eigenvalue weighted by atomic mass is 9.94. The first-order valence-corrected chi connectivity index (χ1v) is 8.94. The fourth-order valence-electron chi connectivity index (χ4n) is 3.17. The maximum Gasteiger partial charge on any atom is 0.453 e. The van der Waals surface area contributed by atoms with Gasteiger partial charge in [-0.2, -0.15) is 22.8 Å². The lowest BCUT2D eigenvalue weighted by Crippen LogP contribution is -2.09. The number of nitrogens with two attached hydrogens (primary N) is 1. The van der Waals surface area contributed by atoms with Gasteiger partial charge in [-0.25, -0.2) is 0 Å². The number of aryl methyl sites for hydroxylation is 1. The highest BCUT2D eigenvalue weighted by Crippen LogP contribution is 2.45. The van der Waals surface area contributed by atoms with Crippen molar-refractivity contribution in [3.63, 3.8) is 0 Å². The molecule has 1 aliphatic carbocycles. The Balaban J connectivity index is 0.00000109. The van der Waals surface area contributed by atoms with Gasteiger partial charge < -0.3 is 10.3 Å². The number of nitrogen functional groups attached to an aromatic ring is 1. The zero-order valence-electron chi connectivity index (χ0n) is 15.0. The fourth-order valence-corrected chi connectivity index (χ4v) is 3.17. The summed E-state index contributed by atoms with van der Waals surface area (Å²) in [5.74, 6) is -1.02. The van der Waals surface area contributed by atoms with Crippen LogP contribution in [0.15, 0.2) is 42.5 Å². The van der Waals surface area contributed by atoms with Gasteiger partial charge in [0, 0.05) is 0 Å². The molecule has 0 unspecified atom stereocenters. The topological polar surface area (TPSA) is 77.0 Å².